The second kappa shape index (κ2) is 8.34. The van der Waals surface area contributed by atoms with Crippen LogP contribution in [0.15, 0.2) is 30.5 Å². The first-order chi connectivity index (χ1) is 15.1. The molecule has 1 aromatic heterocycles. The minimum Gasteiger partial charge on any atom is -0.493 e. The zero-order valence-corrected chi connectivity index (χ0v) is 18.4. The Kier molecular flexibility index (Phi) is 5.59. The lowest BCUT2D eigenvalue weighted by atomic mass is 9.91. The summed E-state index contributed by atoms with van der Waals surface area (Å²) in [6, 6.07) is 7.58. The van der Waals surface area contributed by atoms with E-state index in [1.807, 2.05) is 24.4 Å². The number of fused-ring (bicyclic) bond motifs is 4. The van der Waals surface area contributed by atoms with Gasteiger partial charge in [0.2, 0.25) is 5.69 Å². The summed E-state index contributed by atoms with van der Waals surface area (Å²) in [4.78, 5) is 13.2. The largest absolute Gasteiger partial charge is 0.493 e. The van der Waals surface area contributed by atoms with E-state index >= 15 is 0 Å². The van der Waals surface area contributed by atoms with Gasteiger partial charge in [-0.25, -0.2) is 4.79 Å². The van der Waals surface area contributed by atoms with E-state index in [4.69, 9.17) is 23.7 Å². The fourth-order valence-electron chi connectivity index (χ4n) is 4.25. The topological polar surface area (TPSA) is 67.1 Å². The van der Waals surface area contributed by atoms with E-state index in [9.17, 15) is 4.79 Å². The number of esters is 1. The molecule has 1 aliphatic rings. The number of aromatic nitrogens is 1. The number of rotatable bonds is 6. The number of hydrogen-bond acceptors (Lipinski definition) is 6. The molecule has 1 aliphatic heterocycles. The Morgan fingerprint density at radius 3 is 2.29 bits per heavy atom. The molecule has 0 radical (unpaired) electrons. The molecular formula is C24H26NO6+. The number of benzene rings is 2. The summed E-state index contributed by atoms with van der Waals surface area (Å²) >= 11 is 0. The van der Waals surface area contributed by atoms with Crippen molar-refractivity contribution in [1.82, 2.24) is 0 Å². The molecule has 0 fully saturated rings. The maximum Gasteiger partial charge on any atom is 0.345 e. The van der Waals surface area contributed by atoms with E-state index < -0.39 is 0 Å². The molecule has 0 atom stereocenters. The van der Waals surface area contributed by atoms with Crippen molar-refractivity contribution in [2.75, 3.05) is 35.0 Å². The molecule has 31 heavy (non-hydrogen) atoms. The SMILES string of the molecule is CCOC(=O)c1c2[n+](cc3c(OC)c(OC)ccc13)CCc1cc(OC)c(OC)cc1-2. The van der Waals surface area contributed by atoms with E-state index in [-0.39, 0.29) is 12.6 Å². The molecule has 7 heteroatoms. The van der Waals surface area contributed by atoms with Crippen LogP contribution in [-0.4, -0.2) is 41.0 Å². The van der Waals surface area contributed by atoms with E-state index in [0.717, 1.165) is 34.0 Å². The molecule has 0 saturated heterocycles. The molecule has 2 aromatic carbocycles. The third-order valence-electron chi connectivity index (χ3n) is 5.63. The highest BCUT2D eigenvalue weighted by Gasteiger charge is 2.34. The van der Waals surface area contributed by atoms with Gasteiger partial charge in [-0.15, -0.1) is 0 Å². The number of methoxy groups -OCH3 is 4. The van der Waals surface area contributed by atoms with Gasteiger partial charge in [0.25, 0.3) is 0 Å². The highest BCUT2D eigenvalue weighted by atomic mass is 16.5. The molecule has 0 unspecified atom stereocenters. The first kappa shape index (κ1) is 20.8. The van der Waals surface area contributed by atoms with Gasteiger partial charge in [0.05, 0.1) is 46.0 Å². The fourth-order valence-corrected chi connectivity index (χ4v) is 4.25. The molecule has 0 bridgehead atoms. The van der Waals surface area contributed by atoms with Crippen LogP contribution in [-0.2, 0) is 17.7 Å². The van der Waals surface area contributed by atoms with Crippen LogP contribution in [0.5, 0.6) is 23.0 Å². The normalized spacial score (nSPS) is 12.0. The Bertz CT molecular complexity index is 1170. The lowest BCUT2D eigenvalue weighted by Gasteiger charge is -2.21. The molecule has 2 heterocycles. The number of nitrogens with zero attached hydrogens (tertiary/aromatic N) is 1. The van der Waals surface area contributed by atoms with Gasteiger partial charge in [0, 0.05) is 11.8 Å². The number of hydrogen-bond donors (Lipinski definition) is 0. The van der Waals surface area contributed by atoms with Crippen molar-refractivity contribution in [2.24, 2.45) is 0 Å². The third kappa shape index (κ3) is 3.30. The van der Waals surface area contributed by atoms with Crippen LogP contribution in [0.2, 0.25) is 0 Å². The van der Waals surface area contributed by atoms with Crippen LogP contribution in [0.1, 0.15) is 22.8 Å². The quantitative estimate of drug-likeness (QED) is 0.445. The van der Waals surface area contributed by atoms with Crippen molar-refractivity contribution in [2.45, 2.75) is 19.9 Å². The molecule has 0 amide bonds. The molecule has 0 N–H and O–H groups in total. The van der Waals surface area contributed by atoms with Gasteiger partial charge in [-0.05, 0) is 36.8 Å². The van der Waals surface area contributed by atoms with Gasteiger partial charge in [-0.1, -0.05) is 0 Å². The van der Waals surface area contributed by atoms with Gasteiger partial charge in [0.1, 0.15) is 5.56 Å². The molecule has 0 saturated carbocycles. The first-order valence-corrected chi connectivity index (χ1v) is 10.1. The zero-order valence-electron chi connectivity index (χ0n) is 18.4. The second-order valence-electron chi connectivity index (χ2n) is 7.14. The van der Waals surface area contributed by atoms with E-state index in [2.05, 4.69) is 4.57 Å². The molecule has 0 spiro atoms. The van der Waals surface area contributed by atoms with Crippen LogP contribution in [0.25, 0.3) is 22.0 Å². The summed E-state index contributed by atoms with van der Waals surface area (Å²) in [6.07, 6.45) is 2.79. The number of ether oxygens (including phenoxy) is 5. The summed E-state index contributed by atoms with van der Waals surface area (Å²) in [5, 5.41) is 1.53. The highest BCUT2D eigenvalue weighted by Crippen LogP contribution is 2.42. The predicted molar refractivity (Wildman–Crippen MR) is 115 cm³/mol. The molecule has 4 rings (SSSR count). The molecule has 7 nitrogen and oxygen atoms in total. The summed E-state index contributed by atoms with van der Waals surface area (Å²) < 4.78 is 29.7. The Labute approximate surface area is 181 Å². The zero-order chi connectivity index (χ0) is 22.1. The highest BCUT2D eigenvalue weighted by molar-refractivity contribution is 6.10. The van der Waals surface area contributed by atoms with E-state index in [1.165, 1.54) is 0 Å². The van der Waals surface area contributed by atoms with Crippen LogP contribution in [0.3, 0.4) is 0 Å². The summed E-state index contributed by atoms with van der Waals surface area (Å²) in [5.74, 6) is 2.08. The minimum absolute atomic E-state index is 0.279. The Hall–Kier alpha value is -3.48. The Balaban J connectivity index is 2.11. The Morgan fingerprint density at radius 1 is 0.935 bits per heavy atom. The second-order valence-corrected chi connectivity index (χ2v) is 7.14. The lowest BCUT2D eigenvalue weighted by Crippen LogP contribution is -2.42. The first-order valence-electron chi connectivity index (χ1n) is 10.1. The van der Waals surface area contributed by atoms with Gasteiger partial charge in [-0.3, -0.25) is 0 Å². The lowest BCUT2D eigenvalue weighted by molar-refractivity contribution is -0.686. The van der Waals surface area contributed by atoms with Crippen molar-refractivity contribution in [3.63, 3.8) is 0 Å². The maximum absolute atomic E-state index is 13.2. The standard InChI is InChI=1S/C24H26NO6/c1-6-31-24(26)21-15-7-8-18(27-2)23(30-5)17(15)13-25-10-9-14-11-19(28-3)20(29-4)12-16(14)22(21)25/h7-8,11-13H,6,9-10H2,1-5H3/q+1. The number of aryl methyl sites for hydroxylation is 2. The van der Waals surface area contributed by atoms with Crippen molar-refractivity contribution in [1.29, 1.82) is 0 Å². The predicted octanol–water partition coefficient (Wildman–Crippen LogP) is 3.56. The summed E-state index contributed by atoms with van der Waals surface area (Å²) in [7, 11) is 6.41. The van der Waals surface area contributed by atoms with E-state index in [0.29, 0.717) is 35.1 Å². The monoisotopic (exact) mass is 424 g/mol. The average molecular weight is 424 g/mol. The van der Waals surface area contributed by atoms with Crippen LogP contribution >= 0.6 is 0 Å². The molecule has 162 valence electrons. The number of carbonyl (C=O) groups excluding carboxylic acids is 1. The third-order valence-corrected chi connectivity index (χ3v) is 5.63. The molecule has 3 aromatic rings. The van der Waals surface area contributed by atoms with Crippen LogP contribution < -0.4 is 23.5 Å². The maximum atomic E-state index is 13.2. The van der Waals surface area contributed by atoms with Crippen molar-refractivity contribution in [3.8, 4) is 34.3 Å². The van der Waals surface area contributed by atoms with Crippen LogP contribution in [0, 0.1) is 0 Å². The summed E-state index contributed by atoms with van der Waals surface area (Å²) in [5.41, 5.74) is 3.29. The fraction of sp³-hybridized carbons (Fsp3) is 0.333. The Morgan fingerprint density at radius 2 is 1.65 bits per heavy atom. The molecular weight excluding hydrogens is 398 g/mol. The smallest absolute Gasteiger partial charge is 0.345 e. The minimum atomic E-state index is -0.383. The van der Waals surface area contributed by atoms with E-state index in [1.54, 1.807) is 41.4 Å². The van der Waals surface area contributed by atoms with Crippen LogP contribution in [0.4, 0.5) is 0 Å². The average Bonchev–Trinajstić information content (AvgIpc) is 2.80. The van der Waals surface area contributed by atoms with Crippen molar-refractivity contribution < 1.29 is 33.0 Å². The molecule has 0 aliphatic carbocycles. The number of carbonyl (C=O) groups is 1. The van der Waals surface area contributed by atoms with Crippen molar-refractivity contribution >= 4 is 16.7 Å². The van der Waals surface area contributed by atoms with Gasteiger partial charge < -0.3 is 23.7 Å². The summed E-state index contributed by atoms with van der Waals surface area (Å²) in [6.45, 7) is 2.77. The number of pyridine rings is 1. The van der Waals surface area contributed by atoms with Crippen molar-refractivity contribution in [3.05, 3.63) is 41.6 Å². The van der Waals surface area contributed by atoms with Gasteiger partial charge in [-0.2, -0.15) is 4.57 Å². The van der Waals surface area contributed by atoms with Gasteiger partial charge in [0.15, 0.2) is 35.7 Å². The van der Waals surface area contributed by atoms with Gasteiger partial charge >= 0.3 is 5.97 Å².